The van der Waals surface area contributed by atoms with E-state index in [1.807, 2.05) is 0 Å². The van der Waals surface area contributed by atoms with Crippen molar-refractivity contribution in [1.29, 1.82) is 0 Å². The van der Waals surface area contributed by atoms with Crippen molar-refractivity contribution in [3.05, 3.63) is 81.2 Å². The second-order valence-corrected chi connectivity index (χ2v) is 7.10. The number of nitrogens with one attached hydrogen (secondary N) is 1. The zero-order chi connectivity index (χ0) is 21.0. The number of aromatic nitrogens is 2. The average molecular weight is 410 g/mol. The quantitative estimate of drug-likeness (QED) is 0.210. The Morgan fingerprint density at radius 3 is 2.79 bits per heavy atom. The Kier molecular flexibility index (Phi) is 6.08. The van der Waals surface area contributed by atoms with E-state index in [9.17, 15) is 19.7 Å². The van der Waals surface area contributed by atoms with Gasteiger partial charge >= 0.3 is 0 Å². The molecule has 0 fully saturated rings. The first-order valence-electron chi connectivity index (χ1n) is 8.69. The number of carbonyl (C=O) groups is 1. The number of nitro groups is 1. The lowest BCUT2D eigenvalue weighted by atomic mass is 10.1. The number of rotatable bonds is 7. The standard InChI is InChI=1S/C20H18N4O4S/c1-3-11-23-19(26)14-7-4-5-8-16(14)22-20(23)29-12-18(25)21-15-9-6-10-17(13(15)2)24(27)28/h3-10H,1,11-12H2,2H3,(H,21,25). The number of anilines is 1. The van der Waals surface area contributed by atoms with Crippen molar-refractivity contribution in [2.75, 3.05) is 11.1 Å². The first-order chi connectivity index (χ1) is 13.9. The number of hydrogen-bond acceptors (Lipinski definition) is 6. The normalized spacial score (nSPS) is 10.7. The fourth-order valence-corrected chi connectivity index (χ4v) is 3.63. The van der Waals surface area contributed by atoms with Crippen LogP contribution in [-0.2, 0) is 11.3 Å². The van der Waals surface area contributed by atoms with E-state index < -0.39 is 4.92 Å². The molecule has 2 aromatic carbocycles. The van der Waals surface area contributed by atoms with Gasteiger partial charge in [-0.15, -0.1) is 6.58 Å². The van der Waals surface area contributed by atoms with Gasteiger partial charge in [0.2, 0.25) is 5.91 Å². The molecule has 0 bridgehead atoms. The van der Waals surface area contributed by atoms with E-state index in [-0.39, 0.29) is 29.5 Å². The lowest BCUT2D eigenvalue weighted by Crippen LogP contribution is -2.23. The maximum absolute atomic E-state index is 12.7. The number of nitrogens with zero attached hydrogens (tertiary/aromatic N) is 3. The molecule has 0 spiro atoms. The minimum Gasteiger partial charge on any atom is -0.325 e. The lowest BCUT2D eigenvalue weighted by molar-refractivity contribution is -0.385. The van der Waals surface area contributed by atoms with Crippen LogP contribution in [-0.4, -0.2) is 26.1 Å². The highest BCUT2D eigenvalue weighted by Gasteiger charge is 2.16. The summed E-state index contributed by atoms with van der Waals surface area (Å²) in [7, 11) is 0. The van der Waals surface area contributed by atoms with Gasteiger partial charge in [0.25, 0.3) is 11.2 Å². The van der Waals surface area contributed by atoms with Gasteiger partial charge in [-0.1, -0.05) is 36.0 Å². The number of thioether (sulfide) groups is 1. The Morgan fingerprint density at radius 2 is 2.07 bits per heavy atom. The molecule has 148 valence electrons. The van der Waals surface area contributed by atoms with Gasteiger partial charge in [-0.25, -0.2) is 4.98 Å². The molecule has 29 heavy (non-hydrogen) atoms. The first-order valence-corrected chi connectivity index (χ1v) is 9.68. The summed E-state index contributed by atoms with van der Waals surface area (Å²) >= 11 is 1.12. The number of benzene rings is 2. The van der Waals surface area contributed by atoms with Gasteiger partial charge in [-0.3, -0.25) is 24.3 Å². The Labute approximate surface area is 170 Å². The molecular formula is C20H18N4O4S. The molecule has 1 N–H and O–H groups in total. The third-order valence-electron chi connectivity index (χ3n) is 4.25. The van der Waals surface area contributed by atoms with Crippen LogP contribution in [0.4, 0.5) is 11.4 Å². The minimum atomic E-state index is -0.493. The van der Waals surface area contributed by atoms with Gasteiger partial charge < -0.3 is 5.32 Å². The van der Waals surface area contributed by atoms with Crippen LogP contribution in [0.1, 0.15) is 5.56 Å². The molecule has 1 heterocycles. The minimum absolute atomic E-state index is 0.00987. The first kappa shape index (κ1) is 20.3. The summed E-state index contributed by atoms with van der Waals surface area (Å²) in [5, 5.41) is 14.6. The van der Waals surface area contributed by atoms with E-state index in [0.717, 1.165) is 11.8 Å². The number of para-hydroxylation sites is 1. The maximum Gasteiger partial charge on any atom is 0.274 e. The molecule has 8 nitrogen and oxygen atoms in total. The molecule has 0 saturated heterocycles. The van der Waals surface area contributed by atoms with Gasteiger partial charge in [-0.05, 0) is 25.1 Å². The van der Waals surface area contributed by atoms with Crippen molar-refractivity contribution in [3.63, 3.8) is 0 Å². The Hall–Kier alpha value is -3.46. The summed E-state index contributed by atoms with van der Waals surface area (Å²) in [6.07, 6.45) is 1.59. The van der Waals surface area contributed by atoms with Crippen LogP contribution in [0.2, 0.25) is 0 Å². The van der Waals surface area contributed by atoms with Crippen molar-refractivity contribution in [3.8, 4) is 0 Å². The summed E-state index contributed by atoms with van der Waals surface area (Å²) in [6, 6.07) is 11.5. The van der Waals surface area contributed by atoms with Gasteiger partial charge in [0.15, 0.2) is 5.16 Å². The third-order valence-corrected chi connectivity index (χ3v) is 5.22. The predicted molar refractivity (Wildman–Crippen MR) is 113 cm³/mol. The molecule has 0 aliphatic carbocycles. The van der Waals surface area contributed by atoms with E-state index in [4.69, 9.17) is 0 Å². The number of hydrogen-bond donors (Lipinski definition) is 1. The molecule has 0 aliphatic rings. The fraction of sp³-hybridized carbons (Fsp3) is 0.150. The number of allylic oxidation sites excluding steroid dienone is 1. The van der Waals surface area contributed by atoms with Crippen molar-refractivity contribution in [2.24, 2.45) is 0 Å². The van der Waals surface area contributed by atoms with Gasteiger partial charge in [0, 0.05) is 12.6 Å². The van der Waals surface area contributed by atoms with E-state index in [2.05, 4.69) is 16.9 Å². The van der Waals surface area contributed by atoms with E-state index in [0.29, 0.717) is 27.3 Å². The molecule has 0 radical (unpaired) electrons. The van der Waals surface area contributed by atoms with E-state index >= 15 is 0 Å². The van der Waals surface area contributed by atoms with Gasteiger partial charge in [0.05, 0.1) is 32.8 Å². The predicted octanol–water partition coefficient (Wildman–Crippen LogP) is 3.53. The Bertz CT molecular complexity index is 1170. The molecule has 3 aromatic rings. The monoisotopic (exact) mass is 410 g/mol. The van der Waals surface area contributed by atoms with Crippen LogP contribution in [0.25, 0.3) is 10.9 Å². The van der Waals surface area contributed by atoms with Crippen molar-refractivity contribution < 1.29 is 9.72 Å². The number of fused-ring (bicyclic) bond motifs is 1. The lowest BCUT2D eigenvalue weighted by Gasteiger charge is -2.12. The summed E-state index contributed by atoms with van der Waals surface area (Å²) < 4.78 is 1.46. The second kappa shape index (κ2) is 8.70. The summed E-state index contributed by atoms with van der Waals surface area (Å²) in [6.45, 7) is 5.52. The average Bonchev–Trinajstić information content (AvgIpc) is 2.70. The molecule has 0 atom stereocenters. The van der Waals surface area contributed by atoms with Gasteiger partial charge in [-0.2, -0.15) is 0 Å². The van der Waals surface area contributed by atoms with Crippen molar-refractivity contribution >= 4 is 39.9 Å². The number of nitro benzene ring substituents is 1. The molecule has 9 heteroatoms. The van der Waals surface area contributed by atoms with Gasteiger partial charge in [0.1, 0.15) is 0 Å². The number of amides is 1. The molecule has 0 saturated carbocycles. The smallest absolute Gasteiger partial charge is 0.274 e. The maximum atomic E-state index is 12.7. The van der Waals surface area contributed by atoms with E-state index in [1.54, 1.807) is 43.3 Å². The SMILES string of the molecule is C=CCn1c(SCC(=O)Nc2cccc([N+](=O)[O-])c2C)nc2ccccc2c1=O. The second-order valence-electron chi connectivity index (χ2n) is 6.16. The van der Waals surface area contributed by atoms with Crippen LogP contribution < -0.4 is 10.9 Å². The van der Waals surface area contributed by atoms with Crippen molar-refractivity contribution in [1.82, 2.24) is 9.55 Å². The van der Waals surface area contributed by atoms with Crippen LogP contribution in [0.5, 0.6) is 0 Å². The molecule has 0 unspecified atom stereocenters. The fourth-order valence-electron chi connectivity index (χ4n) is 2.82. The van der Waals surface area contributed by atoms with Crippen LogP contribution in [0.15, 0.2) is 65.1 Å². The molecule has 1 aromatic heterocycles. The topological polar surface area (TPSA) is 107 Å². The summed E-state index contributed by atoms with van der Waals surface area (Å²) in [4.78, 5) is 40.2. The van der Waals surface area contributed by atoms with Crippen LogP contribution in [0.3, 0.4) is 0 Å². The third kappa shape index (κ3) is 4.35. The Balaban J connectivity index is 1.82. The number of carbonyl (C=O) groups excluding carboxylic acids is 1. The van der Waals surface area contributed by atoms with E-state index in [1.165, 1.54) is 16.7 Å². The highest BCUT2D eigenvalue weighted by atomic mass is 32.2. The molecular weight excluding hydrogens is 392 g/mol. The zero-order valence-electron chi connectivity index (χ0n) is 15.6. The van der Waals surface area contributed by atoms with Crippen LogP contribution >= 0.6 is 11.8 Å². The highest BCUT2D eigenvalue weighted by Crippen LogP contribution is 2.25. The Morgan fingerprint density at radius 1 is 1.31 bits per heavy atom. The summed E-state index contributed by atoms with van der Waals surface area (Å²) in [5.74, 6) is -0.365. The molecule has 0 aliphatic heterocycles. The van der Waals surface area contributed by atoms with Crippen LogP contribution in [0, 0.1) is 17.0 Å². The molecule has 1 amide bonds. The summed E-state index contributed by atoms with van der Waals surface area (Å²) in [5.41, 5.74) is 1.04. The highest BCUT2D eigenvalue weighted by molar-refractivity contribution is 7.99. The van der Waals surface area contributed by atoms with Crippen molar-refractivity contribution in [2.45, 2.75) is 18.6 Å². The molecule has 3 rings (SSSR count). The zero-order valence-corrected chi connectivity index (χ0v) is 16.4. The largest absolute Gasteiger partial charge is 0.325 e.